The molecule has 0 aliphatic heterocycles. The molecule has 20 heavy (non-hydrogen) atoms. The summed E-state index contributed by atoms with van der Waals surface area (Å²) >= 11 is 0. The second-order valence-electron chi connectivity index (χ2n) is 4.15. The van der Waals surface area contributed by atoms with Gasteiger partial charge in [-0.2, -0.15) is 0 Å². The summed E-state index contributed by atoms with van der Waals surface area (Å²) in [7, 11) is 1.47. The number of nitrogen functional groups attached to an aromatic ring is 1. The van der Waals surface area contributed by atoms with Gasteiger partial charge >= 0.3 is 0 Å². The van der Waals surface area contributed by atoms with Crippen LogP contribution >= 0.6 is 0 Å². The van der Waals surface area contributed by atoms with Gasteiger partial charge < -0.3 is 20.9 Å². The number of pyridine rings is 1. The van der Waals surface area contributed by atoms with Crippen LogP contribution in [0, 0.1) is 0 Å². The number of rotatable bonds is 4. The lowest BCUT2D eigenvalue weighted by atomic mass is 10.1. The molecule has 2 aromatic rings. The lowest BCUT2D eigenvalue weighted by molar-refractivity contribution is 0.0947. The number of phenolic OH excluding ortho intramolecular Hbond substituents is 1. The van der Waals surface area contributed by atoms with Crippen molar-refractivity contribution in [3.63, 3.8) is 0 Å². The number of carbonyl (C=O) groups excluding carboxylic acids is 1. The Kier molecular flexibility index (Phi) is 4.05. The molecule has 1 aromatic carbocycles. The van der Waals surface area contributed by atoms with Crippen LogP contribution in [0.5, 0.6) is 11.5 Å². The van der Waals surface area contributed by atoms with E-state index in [1.54, 1.807) is 18.2 Å². The molecule has 2 rings (SSSR count). The van der Waals surface area contributed by atoms with Gasteiger partial charge in [0, 0.05) is 24.0 Å². The fourth-order valence-electron chi connectivity index (χ4n) is 1.75. The number of aromatic hydroxyl groups is 1. The average Bonchev–Trinajstić information content (AvgIpc) is 2.47. The van der Waals surface area contributed by atoms with Gasteiger partial charge in [0.2, 0.25) is 0 Å². The van der Waals surface area contributed by atoms with Crippen molar-refractivity contribution in [3.8, 4) is 11.5 Å². The number of nitrogens with zero attached hydrogens (tertiary/aromatic N) is 1. The standard InChI is InChI=1S/C14H15N3O3/c1-20-13-8-16-5-4-11(13)14(19)17-7-9-6-10(15)2-3-12(9)18/h2-6,8,18H,7,15H2,1H3,(H,17,19). The van der Waals surface area contributed by atoms with Gasteiger partial charge in [0.1, 0.15) is 11.5 Å². The van der Waals surface area contributed by atoms with Crippen molar-refractivity contribution < 1.29 is 14.6 Å². The molecule has 0 saturated carbocycles. The van der Waals surface area contributed by atoms with E-state index in [-0.39, 0.29) is 18.2 Å². The Balaban J connectivity index is 2.11. The highest BCUT2D eigenvalue weighted by Gasteiger charge is 2.12. The zero-order valence-electron chi connectivity index (χ0n) is 11.0. The Bertz CT molecular complexity index is 629. The summed E-state index contributed by atoms with van der Waals surface area (Å²) in [6.45, 7) is 0.168. The molecule has 0 aliphatic rings. The first-order valence-electron chi connectivity index (χ1n) is 5.95. The minimum Gasteiger partial charge on any atom is -0.508 e. The third kappa shape index (κ3) is 2.97. The molecule has 0 fully saturated rings. The third-order valence-electron chi connectivity index (χ3n) is 2.79. The minimum absolute atomic E-state index is 0.0844. The van der Waals surface area contributed by atoms with Crippen LogP contribution in [0.1, 0.15) is 15.9 Å². The van der Waals surface area contributed by atoms with Crippen molar-refractivity contribution in [2.24, 2.45) is 0 Å². The molecule has 0 spiro atoms. The maximum Gasteiger partial charge on any atom is 0.255 e. The maximum atomic E-state index is 12.1. The first-order chi connectivity index (χ1) is 9.61. The number of benzene rings is 1. The Hall–Kier alpha value is -2.76. The van der Waals surface area contributed by atoms with Crippen LogP contribution in [0.3, 0.4) is 0 Å². The van der Waals surface area contributed by atoms with Crippen LogP contribution in [0.4, 0.5) is 5.69 Å². The van der Waals surface area contributed by atoms with Crippen molar-refractivity contribution in [3.05, 3.63) is 47.8 Å². The van der Waals surface area contributed by atoms with E-state index in [4.69, 9.17) is 10.5 Å². The Morgan fingerprint density at radius 1 is 1.45 bits per heavy atom. The molecule has 104 valence electrons. The minimum atomic E-state index is -0.314. The van der Waals surface area contributed by atoms with Gasteiger partial charge in [0.05, 0.1) is 18.9 Å². The number of nitrogens with one attached hydrogen (secondary N) is 1. The Labute approximate surface area is 116 Å². The van der Waals surface area contributed by atoms with E-state index in [0.29, 0.717) is 22.6 Å². The van der Waals surface area contributed by atoms with E-state index in [1.165, 1.54) is 25.6 Å². The van der Waals surface area contributed by atoms with E-state index >= 15 is 0 Å². The average molecular weight is 273 g/mol. The largest absolute Gasteiger partial charge is 0.508 e. The summed E-state index contributed by atoms with van der Waals surface area (Å²) in [5.74, 6) is 0.161. The number of anilines is 1. The quantitative estimate of drug-likeness (QED) is 0.576. The van der Waals surface area contributed by atoms with Crippen molar-refractivity contribution in [1.82, 2.24) is 10.3 Å². The van der Waals surface area contributed by atoms with Crippen LogP contribution in [0.15, 0.2) is 36.7 Å². The molecular formula is C14H15N3O3. The molecule has 0 radical (unpaired) electrons. The Morgan fingerprint density at radius 3 is 3.00 bits per heavy atom. The number of carbonyl (C=O) groups is 1. The number of ether oxygens (including phenoxy) is 1. The molecule has 1 heterocycles. The van der Waals surface area contributed by atoms with E-state index in [9.17, 15) is 9.90 Å². The predicted octanol–water partition coefficient (Wildman–Crippen LogP) is 1.31. The summed E-state index contributed by atoms with van der Waals surface area (Å²) in [6.07, 6.45) is 2.97. The smallest absolute Gasteiger partial charge is 0.255 e. The van der Waals surface area contributed by atoms with Gasteiger partial charge in [-0.25, -0.2) is 0 Å². The summed E-state index contributed by atoms with van der Waals surface area (Å²) in [4.78, 5) is 15.9. The fraction of sp³-hybridized carbons (Fsp3) is 0.143. The number of hydrogen-bond acceptors (Lipinski definition) is 5. The molecule has 0 atom stereocenters. The number of methoxy groups -OCH3 is 1. The second-order valence-corrected chi connectivity index (χ2v) is 4.15. The van der Waals surface area contributed by atoms with Crippen LogP contribution in [-0.4, -0.2) is 23.1 Å². The lowest BCUT2D eigenvalue weighted by Crippen LogP contribution is -2.23. The summed E-state index contributed by atoms with van der Waals surface area (Å²) in [5.41, 5.74) is 7.09. The van der Waals surface area contributed by atoms with Crippen molar-refractivity contribution in [1.29, 1.82) is 0 Å². The van der Waals surface area contributed by atoms with Crippen LogP contribution in [0.25, 0.3) is 0 Å². The van der Waals surface area contributed by atoms with Gasteiger partial charge in [0.15, 0.2) is 0 Å². The first-order valence-corrected chi connectivity index (χ1v) is 5.95. The number of nitrogens with two attached hydrogens (primary N) is 1. The highest BCUT2D eigenvalue weighted by Crippen LogP contribution is 2.20. The van der Waals surface area contributed by atoms with Gasteiger partial charge in [-0.15, -0.1) is 0 Å². The van der Waals surface area contributed by atoms with E-state index < -0.39 is 0 Å². The second kappa shape index (κ2) is 5.92. The van der Waals surface area contributed by atoms with Gasteiger partial charge in [-0.3, -0.25) is 9.78 Å². The number of hydrogen-bond donors (Lipinski definition) is 3. The zero-order chi connectivity index (χ0) is 14.5. The molecule has 1 amide bonds. The summed E-state index contributed by atoms with van der Waals surface area (Å²) in [5, 5.41) is 12.4. The monoisotopic (exact) mass is 273 g/mol. The molecule has 6 heteroatoms. The maximum absolute atomic E-state index is 12.1. The molecule has 4 N–H and O–H groups in total. The lowest BCUT2D eigenvalue weighted by Gasteiger charge is -2.10. The van der Waals surface area contributed by atoms with Crippen molar-refractivity contribution >= 4 is 11.6 Å². The predicted molar refractivity (Wildman–Crippen MR) is 74.5 cm³/mol. The molecule has 0 aliphatic carbocycles. The fourth-order valence-corrected chi connectivity index (χ4v) is 1.75. The molecular weight excluding hydrogens is 258 g/mol. The third-order valence-corrected chi connectivity index (χ3v) is 2.79. The zero-order valence-corrected chi connectivity index (χ0v) is 11.0. The Morgan fingerprint density at radius 2 is 2.25 bits per heavy atom. The van der Waals surface area contributed by atoms with Gasteiger partial charge in [-0.1, -0.05) is 0 Å². The topological polar surface area (TPSA) is 97.5 Å². The van der Waals surface area contributed by atoms with E-state index in [2.05, 4.69) is 10.3 Å². The van der Waals surface area contributed by atoms with Crippen molar-refractivity contribution in [2.75, 3.05) is 12.8 Å². The molecule has 0 unspecified atom stereocenters. The van der Waals surface area contributed by atoms with E-state index in [0.717, 1.165) is 0 Å². The molecule has 6 nitrogen and oxygen atoms in total. The normalized spacial score (nSPS) is 10.1. The summed E-state index contributed by atoms with van der Waals surface area (Å²) < 4.78 is 5.07. The number of aromatic nitrogens is 1. The van der Waals surface area contributed by atoms with Crippen molar-refractivity contribution in [2.45, 2.75) is 6.54 Å². The van der Waals surface area contributed by atoms with Crippen LogP contribution < -0.4 is 15.8 Å². The van der Waals surface area contributed by atoms with Gasteiger partial charge in [0.25, 0.3) is 5.91 Å². The van der Waals surface area contributed by atoms with Crippen LogP contribution in [-0.2, 0) is 6.54 Å². The first kappa shape index (κ1) is 13.7. The molecule has 0 bridgehead atoms. The van der Waals surface area contributed by atoms with E-state index in [1.807, 2.05) is 0 Å². The summed E-state index contributed by atoms with van der Waals surface area (Å²) in [6, 6.07) is 6.25. The van der Waals surface area contributed by atoms with Crippen LogP contribution in [0.2, 0.25) is 0 Å². The highest BCUT2D eigenvalue weighted by atomic mass is 16.5. The SMILES string of the molecule is COc1cnccc1C(=O)NCc1cc(N)ccc1O. The highest BCUT2D eigenvalue weighted by molar-refractivity contribution is 5.96. The van der Waals surface area contributed by atoms with Gasteiger partial charge in [-0.05, 0) is 24.3 Å². The number of amides is 1. The number of phenols is 1. The molecule has 0 saturated heterocycles. The molecule has 1 aromatic heterocycles.